The lowest BCUT2D eigenvalue weighted by Gasteiger charge is -2.34. The second-order valence-electron chi connectivity index (χ2n) is 4.51. The van der Waals surface area contributed by atoms with Crippen LogP contribution < -0.4 is 10.2 Å². The molecule has 0 spiro atoms. The highest BCUT2D eigenvalue weighted by Gasteiger charge is 2.26. The predicted octanol–water partition coefficient (Wildman–Crippen LogP) is 1.30. The highest BCUT2D eigenvalue weighted by Crippen LogP contribution is 2.29. The van der Waals surface area contributed by atoms with Gasteiger partial charge in [-0.2, -0.15) is 0 Å². The van der Waals surface area contributed by atoms with E-state index in [2.05, 4.69) is 5.32 Å². The van der Waals surface area contributed by atoms with Crippen LogP contribution in [0.3, 0.4) is 0 Å². The Labute approximate surface area is 114 Å². The topological polar surface area (TPSA) is 67.6 Å². The average molecular weight is 287 g/mol. The highest BCUT2D eigenvalue weighted by molar-refractivity contribution is 5.54. The maximum atomic E-state index is 13.9. The third-order valence-electron chi connectivity index (χ3n) is 3.10. The molecule has 1 aliphatic rings. The zero-order valence-electron chi connectivity index (χ0n) is 10.9. The number of anilines is 1. The van der Waals surface area contributed by atoms with Crippen LogP contribution in [0.15, 0.2) is 12.1 Å². The van der Waals surface area contributed by atoms with E-state index in [1.165, 1.54) is 4.90 Å². The van der Waals surface area contributed by atoms with Gasteiger partial charge in [0, 0.05) is 19.6 Å². The van der Waals surface area contributed by atoms with Crippen molar-refractivity contribution in [2.75, 3.05) is 38.2 Å². The number of nitro benzene ring substituents is 1. The third-order valence-corrected chi connectivity index (χ3v) is 3.10. The summed E-state index contributed by atoms with van der Waals surface area (Å²) in [6.07, 6.45) is -0.178. The maximum absolute atomic E-state index is 13.9. The van der Waals surface area contributed by atoms with E-state index in [4.69, 9.17) is 4.74 Å². The van der Waals surface area contributed by atoms with Gasteiger partial charge in [-0.15, -0.1) is 0 Å². The van der Waals surface area contributed by atoms with Gasteiger partial charge in [0.2, 0.25) is 0 Å². The summed E-state index contributed by atoms with van der Waals surface area (Å²) in [4.78, 5) is 11.3. The van der Waals surface area contributed by atoms with Crippen LogP contribution in [0.5, 0.6) is 0 Å². The molecular weight excluding hydrogens is 272 g/mol. The second-order valence-corrected chi connectivity index (χ2v) is 4.51. The monoisotopic (exact) mass is 287 g/mol. The molecule has 8 heteroatoms. The smallest absolute Gasteiger partial charge is 0.275 e. The molecule has 1 fully saturated rings. The van der Waals surface area contributed by atoms with Gasteiger partial charge in [0.1, 0.15) is 5.69 Å². The number of benzene rings is 1. The number of rotatable bonds is 4. The number of halogens is 2. The number of likely N-dealkylation sites (N-methyl/N-ethyl adjacent to an activating group) is 1. The number of ether oxygens (including phenoxy) is 1. The van der Waals surface area contributed by atoms with Gasteiger partial charge in [-0.05, 0) is 7.05 Å². The predicted molar refractivity (Wildman–Crippen MR) is 68.9 cm³/mol. The van der Waals surface area contributed by atoms with Crippen molar-refractivity contribution in [2.45, 2.75) is 6.10 Å². The van der Waals surface area contributed by atoms with Crippen molar-refractivity contribution in [2.24, 2.45) is 0 Å². The average Bonchev–Trinajstić information content (AvgIpc) is 2.38. The Kier molecular flexibility index (Phi) is 4.46. The van der Waals surface area contributed by atoms with Gasteiger partial charge in [-0.25, -0.2) is 8.78 Å². The second kappa shape index (κ2) is 6.10. The minimum absolute atomic E-state index is 0.178. The molecule has 0 amide bonds. The van der Waals surface area contributed by atoms with Gasteiger partial charge in [-0.1, -0.05) is 0 Å². The lowest BCUT2D eigenvalue weighted by atomic mass is 10.2. The molecule has 110 valence electrons. The van der Waals surface area contributed by atoms with Crippen molar-refractivity contribution in [1.82, 2.24) is 5.32 Å². The molecule has 0 aliphatic carbocycles. The SMILES string of the molecule is CNCC1CN(c2c(F)cc([N+](=O)[O-])cc2F)CCO1. The molecule has 1 heterocycles. The fraction of sp³-hybridized carbons (Fsp3) is 0.500. The minimum atomic E-state index is -0.929. The Morgan fingerprint density at radius 1 is 1.50 bits per heavy atom. The first-order chi connectivity index (χ1) is 9.52. The largest absolute Gasteiger partial charge is 0.373 e. The van der Waals surface area contributed by atoms with E-state index in [9.17, 15) is 18.9 Å². The molecule has 20 heavy (non-hydrogen) atoms. The summed E-state index contributed by atoms with van der Waals surface area (Å²) in [5.41, 5.74) is -0.830. The molecule has 1 N–H and O–H groups in total. The van der Waals surface area contributed by atoms with Crippen molar-refractivity contribution in [1.29, 1.82) is 0 Å². The van der Waals surface area contributed by atoms with Crippen LogP contribution in [-0.2, 0) is 4.74 Å². The molecule has 1 unspecified atom stereocenters. The number of non-ortho nitro benzene ring substituents is 1. The van der Waals surface area contributed by atoms with Crippen LogP contribution in [-0.4, -0.2) is 44.3 Å². The molecule has 0 bridgehead atoms. The fourth-order valence-electron chi connectivity index (χ4n) is 2.23. The summed E-state index contributed by atoms with van der Waals surface area (Å²) in [6.45, 7) is 1.58. The molecule has 1 saturated heterocycles. The van der Waals surface area contributed by atoms with E-state index in [1.807, 2.05) is 0 Å². The molecule has 0 aromatic heterocycles. The number of nitrogens with one attached hydrogen (secondary N) is 1. The van der Waals surface area contributed by atoms with Crippen molar-refractivity contribution in [3.63, 3.8) is 0 Å². The number of nitro groups is 1. The fourth-order valence-corrected chi connectivity index (χ4v) is 2.23. The van der Waals surface area contributed by atoms with Gasteiger partial charge in [0.25, 0.3) is 5.69 Å². The van der Waals surface area contributed by atoms with Crippen LogP contribution in [0, 0.1) is 21.7 Å². The van der Waals surface area contributed by atoms with Crippen LogP contribution >= 0.6 is 0 Å². The Morgan fingerprint density at radius 2 is 2.15 bits per heavy atom. The quantitative estimate of drug-likeness (QED) is 0.668. The molecule has 1 aromatic carbocycles. The van der Waals surface area contributed by atoms with E-state index < -0.39 is 22.2 Å². The maximum Gasteiger partial charge on any atom is 0.275 e. The van der Waals surface area contributed by atoms with Gasteiger partial charge >= 0.3 is 0 Å². The molecule has 6 nitrogen and oxygen atoms in total. The van der Waals surface area contributed by atoms with Gasteiger partial charge in [0.05, 0.1) is 29.8 Å². The number of morpholine rings is 1. The molecule has 1 aromatic rings. The first-order valence-electron chi connectivity index (χ1n) is 6.17. The van der Waals surface area contributed by atoms with Crippen molar-refractivity contribution < 1.29 is 18.4 Å². The van der Waals surface area contributed by atoms with Gasteiger partial charge < -0.3 is 15.0 Å². The summed E-state index contributed by atoms with van der Waals surface area (Å²) in [5.74, 6) is -1.86. The van der Waals surface area contributed by atoms with E-state index in [0.29, 0.717) is 26.2 Å². The Morgan fingerprint density at radius 3 is 2.70 bits per heavy atom. The summed E-state index contributed by atoms with van der Waals surface area (Å²) in [7, 11) is 1.76. The normalized spacial score (nSPS) is 19.1. The summed E-state index contributed by atoms with van der Waals surface area (Å²) in [5, 5.41) is 13.5. The van der Waals surface area contributed by atoms with Gasteiger partial charge in [0.15, 0.2) is 11.6 Å². The van der Waals surface area contributed by atoms with E-state index in [-0.39, 0.29) is 11.8 Å². The van der Waals surface area contributed by atoms with E-state index in [1.54, 1.807) is 7.05 Å². The van der Waals surface area contributed by atoms with Crippen LogP contribution in [0.25, 0.3) is 0 Å². The van der Waals surface area contributed by atoms with Crippen molar-refractivity contribution in [3.8, 4) is 0 Å². The number of hydrogen-bond acceptors (Lipinski definition) is 5. The third kappa shape index (κ3) is 3.02. The number of nitrogens with zero attached hydrogens (tertiary/aromatic N) is 2. The summed E-state index contributed by atoms with van der Waals surface area (Å²) in [6, 6.07) is 1.47. The summed E-state index contributed by atoms with van der Waals surface area (Å²) < 4.78 is 33.3. The molecule has 1 atom stereocenters. The number of hydrogen-bond donors (Lipinski definition) is 1. The first kappa shape index (κ1) is 14.6. The van der Waals surface area contributed by atoms with Gasteiger partial charge in [-0.3, -0.25) is 10.1 Å². The molecule has 0 saturated carbocycles. The van der Waals surface area contributed by atoms with E-state index in [0.717, 1.165) is 12.1 Å². The lowest BCUT2D eigenvalue weighted by Crippen LogP contribution is -2.46. The van der Waals surface area contributed by atoms with Crippen LogP contribution in [0.2, 0.25) is 0 Å². The lowest BCUT2D eigenvalue weighted by molar-refractivity contribution is -0.385. The summed E-state index contributed by atoms with van der Waals surface area (Å²) >= 11 is 0. The molecule has 1 aliphatic heterocycles. The highest BCUT2D eigenvalue weighted by atomic mass is 19.1. The zero-order chi connectivity index (χ0) is 14.7. The first-order valence-corrected chi connectivity index (χ1v) is 6.17. The standard InChI is InChI=1S/C12H15F2N3O3/c1-15-6-9-7-16(2-3-20-9)12-10(13)4-8(17(18)19)5-11(12)14/h4-5,9,15H,2-3,6-7H2,1H3. The Hall–Kier alpha value is -1.80. The molecule has 2 rings (SSSR count). The zero-order valence-corrected chi connectivity index (χ0v) is 10.9. The molecule has 0 radical (unpaired) electrons. The van der Waals surface area contributed by atoms with Crippen molar-refractivity contribution >= 4 is 11.4 Å². The minimum Gasteiger partial charge on any atom is -0.373 e. The Balaban J connectivity index is 2.26. The Bertz CT molecular complexity index is 488. The van der Waals surface area contributed by atoms with Crippen molar-refractivity contribution in [3.05, 3.63) is 33.9 Å². The van der Waals surface area contributed by atoms with E-state index >= 15 is 0 Å². The van der Waals surface area contributed by atoms with Crippen LogP contribution in [0.4, 0.5) is 20.2 Å². The molecular formula is C12H15F2N3O3. The van der Waals surface area contributed by atoms with Crippen LogP contribution in [0.1, 0.15) is 0 Å².